The topological polar surface area (TPSA) is 88.8 Å². The summed E-state index contributed by atoms with van der Waals surface area (Å²) in [7, 11) is 0. The average Bonchev–Trinajstić information content (AvgIpc) is 2.64. The van der Waals surface area contributed by atoms with E-state index in [1.807, 2.05) is 13.0 Å². The smallest absolute Gasteiger partial charge is 0.262 e. The van der Waals surface area contributed by atoms with Gasteiger partial charge in [-0.2, -0.15) is 0 Å². The van der Waals surface area contributed by atoms with E-state index in [1.165, 1.54) is 11.8 Å². The first-order chi connectivity index (χ1) is 7.65. The van der Waals surface area contributed by atoms with Crippen molar-refractivity contribution in [1.29, 1.82) is 5.41 Å². The van der Waals surface area contributed by atoms with Crippen LogP contribution >= 0.6 is 11.8 Å². The number of amidine groups is 1. The predicted octanol–water partition coefficient (Wildman–Crippen LogP) is 1.81. The third kappa shape index (κ3) is 2.40. The molecule has 0 saturated carbocycles. The number of aryl methyl sites for hydroxylation is 1. The second kappa shape index (κ2) is 4.36. The minimum absolute atomic E-state index is 0.0500. The van der Waals surface area contributed by atoms with E-state index in [0.717, 1.165) is 5.69 Å². The molecular formula is C10H10N4OS. The molecule has 3 N–H and O–H groups in total. The molecule has 0 spiro atoms. The molecule has 0 radical (unpaired) electrons. The quantitative estimate of drug-likeness (QED) is 0.624. The molecule has 2 aromatic heterocycles. The van der Waals surface area contributed by atoms with Crippen LogP contribution in [0.1, 0.15) is 11.4 Å². The number of hydrogen-bond donors (Lipinski definition) is 2. The van der Waals surface area contributed by atoms with Crippen LogP contribution in [0.2, 0.25) is 0 Å². The van der Waals surface area contributed by atoms with Gasteiger partial charge in [-0.1, -0.05) is 6.07 Å². The molecule has 0 amide bonds. The van der Waals surface area contributed by atoms with Gasteiger partial charge in [0.25, 0.3) is 5.22 Å². The number of rotatable bonds is 3. The normalized spacial score (nSPS) is 10.3. The van der Waals surface area contributed by atoms with Crippen molar-refractivity contribution in [2.45, 2.75) is 17.2 Å². The number of nitrogens with one attached hydrogen (secondary N) is 1. The van der Waals surface area contributed by atoms with Crippen molar-refractivity contribution in [3.8, 4) is 0 Å². The summed E-state index contributed by atoms with van der Waals surface area (Å²) < 4.78 is 5.20. The first kappa shape index (κ1) is 10.7. The Morgan fingerprint density at radius 1 is 1.44 bits per heavy atom. The summed E-state index contributed by atoms with van der Waals surface area (Å²) in [5.41, 5.74) is 6.63. The Bertz CT molecular complexity index is 523. The van der Waals surface area contributed by atoms with Crippen molar-refractivity contribution in [1.82, 2.24) is 9.97 Å². The van der Waals surface area contributed by atoms with Gasteiger partial charge < -0.3 is 10.2 Å². The van der Waals surface area contributed by atoms with Crippen LogP contribution < -0.4 is 5.73 Å². The molecule has 0 aliphatic heterocycles. The molecule has 0 fully saturated rings. The van der Waals surface area contributed by atoms with Crippen molar-refractivity contribution in [2.24, 2.45) is 5.73 Å². The molecular weight excluding hydrogens is 224 g/mol. The van der Waals surface area contributed by atoms with Crippen LogP contribution in [-0.4, -0.2) is 15.8 Å². The van der Waals surface area contributed by atoms with E-state index in [1.54, 1.807) is 18.4 Å². The van der Waals surface area contributed by atoms with Crippen molar-refractivity contribution >= 4 is 17.6 Å². The van der Waals surface area contributed by atoms with Crippen LogP contribution in [0.5, 0.6) is 0 Å². The first-order valence-corrected chi connectivity index (χ1v) is 5.38. The van der Waals surface area contributed by atoms with Gasteiger partial charge in [-0.05, 0) is 30.8 Å². The lowest BCUT2D eigenvalue weighted by molar-refractivity contribution is 0.454. The minimum atomic E-state index is -0.0500. The lowest BCUT2D eigenvalue weighted by atomic mass is 10.3. The zero-order valence-corrected chi connectivity index (χ0v) is 9.41. The van der Waals surface area contributed by atoms with Gasteiger partial charge in [0.2, 0.25) is 0 Å². The van der Waals surface area contributed by atoms with E-state index in [-0.39, 0.29) is 5.84 Å². The Balaban J connectivity index is 2.21. The van der Waals surface area contributed by atoms with E-state index < -0.39 is 0 Å². The molecule has 2 rings (SSSR count). The van der Waals surface area contributed by atoms with Crippen LogP contribution in [0.3, 0.4) is 0 Å². The maximum atomic E-state index is 7.28. The third-order valence-electron chi connectivity index (χ3n) is 1.79. The number of pyridine rings is 1. The summed E-state index contributed by atoms with van der Waals surface area (Å²) in [5, 5.41) is 8.52. The molecule has 0 saturated heterocycles. The Morgan fingerprint density at radius 2 is 2.25 bits per heavy atom. The maximum absolute atomic E-state index is 7.28. The van der Waals surface area contributed by atoms with Gasteiger partial charge in [0.05, 0.1) is 5.69 Å². The van der Waals surface area contributed by atoms with E-state index in [0.29, 0.717) is 15.9 Å². The standard InChI is InChI=1S/C10H10N4OS/c1-6-5-15-10(13-6)16-8-4-2-3-7(14-8)9(11)12/h2-5H,1H3,(H3,11,12). The van der Waals surface area contributed by atoms with Crippen LogP contribution in [0, 0.1) is 12.3 Å². The van der Waals surface area contributed by atoms with E-state index in [9.17, 15) is 0 Å². The number of nitrogen functional groups attached to an aromatic ring is 1. The number of aromatic nitrogens is 2. The molecule has 82 valence electrons. The zero-order valence-electron chi connectivity index (χ0n) is 8.60. The summed E-state index contributed by atoms with van der Waals surface area (Å²) in [5.74, 6) is -0.0500. The second-order valence-electron chi connectivity index (χ2n) is 3.13. The summed E-state index contributed by atoms with van der Waals surface area (Å²) in [4.78, 5) is 8.34. The van der Waals surface area contributed by atoms with Gasteiger partial charge in [-0.15, -0.1) is 0 Å². The van der Waals surface area contributed by atoms with Crippen molar-refractivity contribution < 1.29 is 4.42 Å². The van der Waals surface area contributed by atoms with E-state index in [4.69, 9.17) is 15.6 Å². The molecule has 5 nitrogen and oxygen atoms in total. The fourth-order valence-corrected chi connectivity index (χ4v) is 1.85. The highest BCUT2D eigenvalue weighted by Crippen LogP contribution is 2.24. The van der Waals surface area contributed by atoms with Gasteiger partial charge >= 0.3 is 0 Å². The van der Waals surface area contributed by atoms with Gasteiger partial charge in [-0.3, -0.25) is 5.41 Å². The number of nitrogens with two attached hydrogens (primary N) is 1. The molecule has 16 heavy (non-hydrogen) atoms. The summed E-state index contributed by atoms with van der Waals surface area (Å²) in [6, 6.07) is 5.30. The van der Waals surface area contributed by atoms with Crippen LogP contribution in [0.15, 0.2) is 39.1 Å². The zero-order chi connectivity index (χ0) is 11.5. The fourth-order valence-electron chi connectivity index (χ4n) is 1.09. The largest absolute Gasteiger partial charge is 0.439 e. The lowest BCUT2D eigenvalue weighted by Gasteiger charge is -1.99. The molecule has 0 atom stereocenters. The molecule has 0 unspecified atom stereocenters. The first-order valence-electron chi connectivity index (χ1n) is 4.56. The van der Waals surface area contributed by atoms with Gasteiger partial charge in [-0.25, -0.2) is 9.97 Å². The predicted molar refractivity (Wildman–Crippen MR) is 60.6 cm³/mol. The van der Waals surface area contributed by atoms with Crippen molar-refractivity contribution in [2.75, 3.05) is 0 Å². The van der Waals surface area contributed by atoms with Crippen molar-refractivity contribution in [3.05, 3.63) is 35.9 Å². The van der Waals surface area contributed by atoms with Gasteiger partial charge in [0, 0.05) is 0 Å². The summed E-state index contributed by atoms with van der Waals surface area (Å²) in [6.07, 6.45) is 1.58. The molecule has 0 bridgehead atoms. The highest BCUT2D eigenvalue weighted by atomic mass is 32.2. The second-order valence-corrected chi connectivity index (χ2v) is 4.10. The molecule has 2 aromatic rings. The highest BCUT2D eigenvalue weighted by molar-refractivity contribution is 7.99. The summed E-state index contributed by atoms with van der Waals surface area (Å²) >= 11 is 1.30. The SMILES string of the molecule is Cc1coc(Sc2cccc(C(=N)N)n2)n1. The van der Waals surface area contributed by atoms with Gasteiger partial charge in [0.15, 0.2) is 0 Å². The van der Waals surface area contributed by atoms with Crippen LogP contribution in [-0.2, 0) is 0 Å². The molecule has 0 aromatic carbocycles. The fraction of sp³-hybridized carbons (Fsp3) is 0.100. The molecule has 0 aliphatic carbocycles. The van der Waals surface area contributed by atoms with Crippen molar-refractivity contribution in [3.63, 3.8) is 0 Å². The highest BCUT2D eigenvalue weighted by Gasteiger charge is 2.06. The average molecular weight is 234 g/mol. The summed E-state index contributed by atoms with van der Waals surface area (Å²) in [6.45, 7) is 1.85. The molecule has 2 heterocycles. The third-order valence-corrected chi connectivity index (χ3v) is 2.59. The van der Waals surface area contributed by atoms with Crippen LogP contribution in [0.4, 0.5) is 0 Å². The lowest BCUT2D eigenvalue weighted by Crippen LogP contribution is -2.12. The van der Waals surface area contributed by atoms with Gasteiger partial charge in [0.1, 0.15) is 22.8 Å². The Morgan fingerprint density at radius 3 is 2.88 bits per heavy atom. The monoisotopic (exact) mass is 234 g/mol. The number of oxazole rings is 1. The molecule has 0 aliphatic rings. The Labute approximate surface area is 96.6 Å². The molecule has 6 heteroatoms. The Hall–Kier alpha value is -1.82. The number of hydrogen-bond acceptors (Lipinski definition) is 5. The van der Waals surface area contributed by atoms with Crippen LogP contribution in [0.25, 0.3) is 0 Å². The Kier molecular flexibility index (Phi) is 2.91. The minimum Gasteiger partial charge on any atom is -0.439 e. The maximum Gasteiger partial charge on any atom is 0.262 e. The van der Waals surface area contributed by atoms with E-state index in [2.05, 4.69) is 9.97 Å². The number of nitrogens with zero attached hydrogens (tertiary/aromatic N) is 2. The van der Waals surface area contributed by atoms with E-state index >= 15 is 0 Å².